The zero-order chi connectivity index (χ0) is 29.0. The van der Waals surface area contributed by atoms with Gasteiger partial charge in [0.15, 0.2) is 29.1 Å². The van der Waals surface area contributed by atoms with E-state index < -0.39 is 70.4 Å². The summed E-state index contributed by atoms with van der Waals surface area (Å²) < 4.78 is 26.7. The number of ketones is 2. The van der Waals surface area contributed by atoms with Crippen molar-refractivity contribution in [3.8, 4) is 11.5 Å². The van der Waals surface area contributed by atoms with Gasteiger partial charge in [0.05, 0.1) is 36.9 Å². The molecule has 1 spiro atoms. The number of aliphatic hydroxyl groups excluding tert-OH is 3. The van der Waals surface area contributed by atoms with E-state index in [0.717, 1.165) is 39.6 Å². The highest BCUT2D eigenvalue weighted by molar-refractivity contribution is 6.40. The molecule has 1 aliphatic heterocycles. The number of esters is 2. The third-order valence-corrected chi connectivity index (χ3v) is 7.47. The molecule has 14 heteroatoms. The highest BCUT2D eigenvalue weighted by Gasteiger charge is 2.61. The third-order valence-electron chi connectivity index (χ3n) is 6.56. The number of allylic oxidation sites excluding steroid dienone is 2. The molecule has 208 valence electrons. The molecule has 0 amide bonds. The highest BCUT2D eigenvalue weighted by atomic mass is 35.5. The molecule has 0 aromatic heterocycles. The Balaban J connectivity index is 1.95. The van der Waals surface area contributed by atoms with E-state index in [1.54, 1.807) is 0 Å². The molecule has 5 unspecified atom stereocenters. The lowest BCUT2D eigenvalue weighted by Crippen LogP contribution is -2.52. The number of halogens is 2. The van der Waals surface area contributed by atoms with Crippen molar-refractivity contribution < 1.29 is 58.2 Å². The van der Waals surface area contributed by atoms with Crippen molar-refractivity contribution in [2.75, 3.05) is 21.3 Å². The summed E-state index contributed by atoms with van der Waals surface area (Å²) in [5.74, 6) is -4.87. The van der Waals surface area contributed by atoms with Crippen LogP contribution >= 0.6 is 23.2 Å². The average Bonchev–Trinajstić information content (AvgIpc) is 3.22. The van der Waals surface area contributed by atoms with E-state index in [9.17, 15) is 34.5 Å². The summed E-state index contributed by atoms with van der Waals surface area (Å²) >= 11 is 13.0. The Labute approximate surface area is 230 Å². The number of Topliss-reactive ketones (excluding diaryl/α,β-unsaturated/α-hetero) is 1. The fourth-order valence-electron chi connectivity index (χ4n) is 4.56. The fourth-order valence-corrected chi connectivity index (χ4v) is 5.07. The normalized spacial score (nSPS) is 27.7. The SMILES string of the molecule is COC(=O)C1=CC(O)C(O)C(O)C1Oc1c(Cl)c(C)c(Cl)c2c1C(=O)C1(O2)C(OC)=CC(=O)C=C1C(=O)OC. The molecule has 3 N–H and O–H groups in total. The standard InChI is InChI=1S/C25H22Cl2O12/c1-8-15(26)20(38-19-10(23(33)36-3)7-12(29)17(30)18(19)31)14-21(16(8)27)39-25(22(14)32)11(24(34)37-4)5-9(28)6-13(25)35-2/h5-7,12,17-19,29-31H,1-4H3. The van der Waals surface area contributed by atoms with E-state index in [2.05, 4.69) is 0 Å². The van der Waals surface area contributed by atoms with Gasteiger partial charge >= 0.3 is 11.9 Å². The van der Waals surface area contributed by atoms with Crippen molar-refractivity contribution >= 4 is 46.7 Å². The van der Waals surface area contributed by atoms with Gasteiger partial charge in [-0.15, -0.1) is 0 Å². The van der Waals surface area contributed by atoms with Gasteiger partial charge in [-0.1, -0.05) is 23.2 Å². The van der Waals surface area contributed by atoms with Gasteiger partial charge in [-0.2, -0.15) is 0 Å². The summed E-state index contributed by atoms with van der Waals surface area (Å²) in [5, 5.41) is 30.6. The summed E-state index contributed by atoms with van der Waals surface area (Å²) in [7, 11) is 3.23. The highest BCUT2D eigenvalue weighted by Crippen LogP contribution is 2.55. The summed E-state index contributed by atoms with van der Waals surface area (Å²) in [4.78, 5) is 51.6. The van der Waals surface area contributed by atoms with Gasteiger partial charge in [-0.05, 0) is 18.6 Å². The van der Waals surface area contributed by atoms with E-state index >= 15 is 0 Å². The number of benzene rings is 1. The van der Waals surface area contributed by atoms with Gasteiger partial charge in [-0.3, -0.25) is 9.59 Å². The van der Waals surface area contributed by atoms with E-state index in [-0.39, 0.29) is 32.7 Å². The predicted molar refractivity (Wildman–Crippen MR) is 132 cm³/mol. The van der Waals surface area contributed by atoms with Crippen molar-refractivity contribution in [1.29, 1.82) is 0 Å². The summed E-state index contributed by atoms with van der Waals surface area (Å²) in [6.07, 6.45) is -4.28. The minimum atomic E-state index is -2.36. The van der Waals surface area contributed by atoms with Gasteiger partial charge in [0.2, 0.25) is 5.78 Å². The fraction of sp³-hybridized carbons (Fsp3) is 0.360. The predicted octanol–water partition coefficient (Wildman–Crippen LogP) is 0.771. The van der Waals surface area contributed by atoms with Crippen LogP contribution in [0.25, 0.3) is 0 Å². The second-order valence-electron chi connectivity index (χ2n) is 8.69. The molecule has 0 bridgehead atoms. The van der Waals surface area contributed by atoms with Crippen molar-refractivity contribution in [3.63, 3.8) is 0 Å². The number of aliphatic hydroxyl groups is 3. The topological polar surface area (TPSA) is 175 Å². The molecule has 1 aromatic rings. The number of hydrogen-bond donors (Lipinski definition) is 3. The first kappa shape index (κ1) is 28.6. The zero-order valence-corrected chi connectivity index (χ0v) is 22.3. The summed E-state index contributed by atoms with van der Waals surface area (Å²) in [6, 6.07) is 0. The number of rotatable bonds is 5. The number of methoxy groups -OCH3 is 3. The molecular formula is C25H22Cl2O12. The second kappa shape index (κ2) is 10.3. The lowest BCUT2D eigenvalue weighted by molar-refractivity contribution is -0.141. The average molecular weight is 585 g/mol. The lowest BCUT2D eigenvalue weighted by atomic mass is 9.81. The van der Waals surface area contributed by atoms with Gasteiger partial charge < -0.3 is 39.0 Å². The Hall–Kier alpha value is -3.42. The minimum absolute atomic E-state index is 0.143. The minimum Gasteiger partial charge on any atom is -0.496 e. The molecule has 2 aliphatic carbocycles. The van der Waals surface area contributed by atoms with Crippen LogP contribution in [-0.4, -0.2) is 90.2 Å². The second-order valence-corrected chi connectivity index (χ2v) is 9.44. The zero-order valence-electron chi connectivity index (χ0n) is 20.8. The molecule has 12 nitrogen and oxygen atoms in total. The lowest BCUT2D eigenvalue weighted by Gasteiger charge is -2.34. The molecule has 1 heterocycles. The molecule has 39 heavy (non-hydrogen) atoms. The van der Waals surface area contributed by atoms with E-state index in [4.69, 9.17) is 46.9 Å². The first-order valence-corrected chi connectivity index (χ1v) is 12.0. The number of fused-ring (bicyclic) bond motifs is 1. The smallest absolute Gasteiger partial charge is 0.338 e. The Kier molecular flexibility index (Phi) is 7.54. The van der Waals surface area contributed by atoms with Gasteiger partial charge in [0, 0.05) is 12.2 Å². The van der Waals surface area contributed by atoms with Crippen molar-refractivity contribution in [2.24, 2.45) is 0 Å². The van der Waals surface area contributed by atoms with Crippen molar-refractivity contribution in [2.45, 2.75) is 36.9 Å². The van der Waals surface area contributed by atoms with Crippen molar-refractivity contribution in [1.82, 2.24) is 0 Å². The molecule has 3 aliphatic rings. The number of ether oxygens (including phenoxy) is 5. The third kappa shape index (κ3) is 4.19. The Morgan fingerprint density at radius 1 is 0.974 bits per heavy atom. The van der Waals surface area contributed by atoms with Crippen LogP contribution in [0.3, 0.4) is 0 Å². The Morgan fingerprint density at radius 3 is 2.21 bits per heavy atom. The van der Waals surface area contributed by atoms with Crippen LogP contribution in [0.4, 0.5) is 0 Å². The molecular weight excluding hydrogens is 563 g/mol. The molecule has 0 saturated heterocycles. The monoisotopic (exact) mass is 584 g/mol. The van der Waals surface area contributed by atoms with E-state index in [1.807, 2.05) is 0 Å². The van der Waals surface area contributed by atoms with Gasteiger partial charge in [-0.25, -0.2) is 9.59 Å². The molecule has 4 rings (SSSR count). The number of carbonyl (C=O) groups excluding carboxylic acids is 4. The molecule has 0 radical (unpaired) electrons. The van der Waals surface area contributed by atoms with Crippen LogP contribution in [0.5, 0.6) is 11.5 Å². The van der Waals surface area contributed by atoms with Crippen LogP contribution < -0.4 is 9.47 Å². The van der Waals surface area contributed by atoms with Crippen LogP contribution in [0.15, 0.2) is 35.1 Å². The van der Waals surface area contributed by atoms with Gasteiger partial charge in [0.25, 0.3) is 5.60 Å². The van der Waals surface area contributed by atoms with Crippen LogP contribution in [0.2, 0.25) is 10.0 Å². The molecule has 0 fully saturated rings. The van der Waals surface area contributed by atoms with Crippen LogP contribution in [0, 0.1) is 6.92 Å². The number of hydrogen-bond acceptors (Lipinski definition) is 12. The molecule has 0 saturated carbocycles. The van der Waals surface area contributed by atoms with E-state index in [0.29, 0.717) is 0 Å². The molecule has 5 atom stereocenters. The van der Waals surface area contributed by atoms with Gasteiger partial charge in [0.1, 0.15) is 29.4 Å². The molecule has 1 aromatic carbocycles. The number of carbonyl (C=O) groups is 4. The Bertz CT molecular complexity index is 1390. The largest absolute Gasteiger partial charge is 0.496 e. The summed E-state index contributed by atoms with van der Waals surface area (Å²) in [5.41, 5.74) is -3.53. The maximum Gasteiger partial charge on any atom is 0.338 e. The Morgan fingerprint density at radius 2 is 1.62 bits per heavy atom. The van der Waals surface area contributed by atoms with E-state index in [1.165, 1.54) is 6.92 Å². The summed E-state index contributed by atoms with van der Waals surface area (Å²) in [6.45, 7) is 1.46. The van der Waals surface area contributed by atoms with Crippen molar-refractivity contribution in [3.05, 3.63) is 56.3 Å². The first-order chi connectivity index (χ1) is 18.3. The first-order valence-electron chi connectivity index (χ1n) is 11.2. The van der Waals surface area contributed by atoms with Crippen LogP contribution in [0.1, 0.15) is 15.9 Å². The maximum atomic E-state index is 14.2. The quantitative estimate of drug-likeness (QED) is 0.415. The van der Waals surface area contributed by atoms with Crippen LogP contribution in [-0.2, 0) is 28.6 Å². The maximum absolute atomic E-state index is 14.2.